The number of methoxy groups -OCH3 is 1. The lowest BCUT2D eigenvalue weighted by Gasteiger charge is -2.18. The molecule has 0 radical (unpaired) electrons. The molecule has 0 heterocycles. The minimum atomic E-state index is -0.547. The lowest BCUT2D eigenvalue weighted by molar-refractivity contribution is 0.0597. The number of benzene rings is 1. The maximum absolute atomic E-state index is 11.3. The van der Waals surface area contributed by atoms with Crippen molar-refractivity contribution in [2.45, 2.75) is 25.8 Å². The van der Waals surface area contributed by atoms with Gasteiger partial charge in [0.2, 0.25) is 0 Å². The molecule has 1 rings (SSSR count). The smallest absolute Gasteiger partial charge is 0.341 e. The van der Waals surface area contributed by atoms with Crippen molar-refractivity contribution in [1.82, 2.24) is 0 Å². The summed E-state index contributed by atoms with van der Waals surface area (Å²) >= 11 is 0. The number of hydrogen-bond donors (Lipinski definition) is 2. The highest BCUT2D eigenvalue weighted by Gasteiger charge is 2.16. The van der Waals surface area contributed by atoms with Crippen LogP contribution < -0.4 is 5.73 Å². The standard InChI is InChI=1S/C12H17NO3/c1-12(2,13)7-8-4-5-10(14)9(6-8)11(15)16-3/h4-6,14H,7,13H2,1-3H3. The van der Waals surface area contributed by atoms with Crippen molar-refractivity contribution in [2.75, 3.05) is 7.11 Å². The van der Waals surface area contributed by atoms with E-state index in [0.717, 1.165) is 5.56 Å². The molecule has 0 atom stereocenters. The van der Waals surface area contributed by atoms with Gasteiger partial charge < -0.3 is 15.6 Å². The van der Waals surface area contributed by atoms with Crippen LogP contribution in [0.15, 0.2) is 18.2 Å². The Labute approximate surface area is 95.0 Å². The van der Waals surface area contributed by atoms with E-state index >= 15 is 0 Å². The molecule has 0 unspecified atom stereocenters. The molecule has 4 nitrogen and oxygen atoms in total. The molecule has 3 N–H and O–H groups in total. The summed E-state index contributed by atoms with van der Waals surface area (Å²) in [5, 5.41) is 9.50. The summed E-state index contributed by atoms with van der Waals surface area (Å²) in [5.74, 6) is -0.625. The van der Waals surface area contributed by atoms with Crippen LogP contribution in [0.2, 0.25) is 0 Å². The van der Waals surface area contributed by atoms with Crippen LogP contribution in [0.25, 0.3) is 0 Å². The second kappa shape index (κ2) is 4.53. The number of hydrogen-bond acceptors (Lipinski definition) is 4. The lowest BCUT2D eigenvalue weighted by atomic mass is 9.95. The fourth-order valence-electron chi connectivity index (χ4n) is 1.49. The van der Waals surface area contributed by atoms with Gasteiger partial charge in [0, 0.05) is 5.54 Å². The average molecular weight is 223 g/mol. The highest BCUT2D eigenvalue weighted by molar-refractivity contribution is 5.92. The van der Waals surface area contributed by atoms with Gasteiger partial charge in [-0.3, -0.25) is 0 Å². The Bertz CT molecular complexity index is 394. The zero-order chi connectivity index (χ0) is 12.3. The molecule has 1 aromatic carbocycles. The first-order valence-corrected chi connectivity index (χ1v) is 5.02. The van der Waals surface area contributed by atoms with Crippen molar-refractivity contribution < 1.29 is 14.6 Å². The molecule has 88 valence electrons. The molecule has 4 heteroatoms. The zero-order valence-electron chi connectivity index (χ0n) is 9.78. The molecule has 0 bridgehead atoms. The normalized spacial score (nSPS) is 11.2. The Hall–Kier alpha value is -1.55. The van der Waals surface area contributed by atoms with Gasteiger partial charge in [-0.2, -0.15) is 0 Å². The molecule has 1 aromatic rings. The van der Waals surface area contributed by atoms with E-state index in [1.54, 1.807) is 12.1 Å². The van der Waals surface area contributed by atoms with E-state index in [0.29, 0.717) is 6.42 Å². The van der Waals surface area contributed by atoms with E-state index in [-0.39, 0.29) is 16.9 Å². The number of rotatable bonds is 3. The number of ether oxygens (including phenoxy) is 1. The molecule has 0 aliphatic carbocycles. The molecule has 0 saturated heterocycles. The van der Waals surface area contributed by atoms with Crippen LogP contribution in [0.3, 0.4) is 0 Å². The molecule has 0 aliphatic rings. The predicted octanol–water partition coefficient (Wildman–Crippen LogP) is 1.46. The summed E-state index contributed by atoms with van der Waals surface area (Å²) in [4.78, 5) is 11.3. The minimum Gasteiger partial charge on any atom is -0.507 e. The SMILES string of the molecule is COC(=O)c1cc(CC(C)(C)N)ccc1O. The Balaban J connectivity index is 3.03. The van der Waals surface area contributed by atoms with Crippen molar-refractivity contribution in [3.8, 4) is 5.75 Å². The first-order valence-electron chi connectivity index (χ1n) is 5.02. The van der Waals surface area contributed by atoms with E-state index in [1.165, 1.54) is 13.2 Å². The van der Waals surface area contributed by atoms with E-state index in [2.05, 4.69) is 4.74 Å². The summed E-state index contributed by atoms with van der Waals surface area (Å²) in [7, 11) is 1.28. The van der Waals surface area contributed by atoms with Crippen molar-refractivity contribution in [3.05, 3.63) is 29.3 Å². The van der Waals surface area contributed by atoms with Crippen molar-refractivity contribution in [2.24, 2.45) is 5.73 Å². The van der Waals surface area contributed by atoms with Gasteiger partial charge in [-0.15, -0.1) is 0 Å². The number of carbonyl (C=O) groups excluding carboxylic acids is 1. The number of esters is 1. The molecule has 0 fully saturated rings. The molecule has 16 heavy (non-hydrogen) atoms. The first kappa shape index (κ1) is 12.5. The Kier molecular flexibility index (Phi) is 3.55. The van der Waals surface area contributed by atoms with Gasteiger partial charge in [0.15, 0.2) is 0 Å². The zero-order valence-corrected chi connectivity index (χ0v) is 9.78. The maximum atomic E-state index is 11.3. The summed E-state index contributed by atoms with van der Waals surface area (Å²) in [6, 6.07) is 4.83. The second-order valence-corrected chi connectivity index (χ2v) is 4.51. The highest BCUT2D eigenvalue weighted by atomic mass is 16.5. The van der Waals surface area contributed by atoms with Gasteiger partial charge in [-0.25, -0.2) is 4.79 Å². The summed E-state index contributed by atoms with van der Waals surface area (Å²) in [6.07, 6.45) is 0.622. The quantitative estimate of drug-likeness (QED) is 0.761. The van der Waals surface area contributed by atoms with Gasteiger partial charge in [0.25, 0.3) is 0 Å². The van der Waals surface area contributed by atoms with Crippen molar-refractivity contribution in [3.63, 3.8) is 0 Å². The fourth-order valence-corrected chi connectivity index (χ4v) is 1.49. The van der Waals surface area contributed by atoms with Gasteiger partial charge >= 0.3 is 5.97 Å². The maximum Gasteiger partial charge on any atom is 0.341 e. The minimum absolute atomic E-state index is 0.0783. The Morgan fingerprint density at radius 1 is 1.50 bits per heavy atom. The van der Waals surface area contributed by atoms with Gasteiger partial charge in [0.05, 0.1) is 7.11 Å². The van der Waals surface area contributed by atoms with E-state index < -0.39 is 5.97 Å². The summed E-state index contributed by atoms with van der Waals surface area (Å²) < 4.78 is 4.57. The summed E-state index contributed by atoms with van der Waals surface area (Å²) in [6.45, 7) is 3.80. The third-order valence-corrected chi connectivity index (χ3v) is 2.13. The molecular formula is C12H17NO3. The molecule has 0 aliphatic heterocycles. The Morgan fingerprint density at radius 2 is 2.12 bits per heavy atom. The number of carbonyl (C=O) groups is 1. The van der Waals surface area contributed by atoms with E-state index in [4.69, 9.17) is 5.73 Å². The molecule has 0 saturated carbocycles. The third-order valence-electron chi connectivity index (χ3n) is 2.13. The van der Waals surface area contributed by atoms with E-state index in [1.807, 2.05) is 13.8 Å². The molecule has 0 amide bonds. The molecular weight excluding hydrogens is 206 g/mol. The van der Waals surface area contributed by atoms with E-state index in [9.17, 15) is 9.90 Å². The largest absolute Gasteiger partial charge is 0.507 e. The predicted molar refractivity (Wildman–Crippen MR) is 61.4 cm³/mol. The number of phenolic OH excluding ortho intramolecular Hbond substituents is 1. The monoisotopic (exact) mass is 223 g/mol. The fraction of sp³-hybridized carbons (Fsp3) is 0.417. The lowest BCUT2D eigenvalue weighted by Crippen LogP contribution is -2.34. The van der Waals surface area contributed by atoms with Crippen LogP contribution in [0.5, 0.6) is 5.75 Å². The van der Waals surface area contributed by atoms with Crippen LogP contribution in [0.1, 0.15) is 29.8 Å². The highest BCUT2D eigenvalue weighted by Crippen LogP contribution is 2.21. The van der Waals surface area contributed by atoms with Crippen LogP contribution in [0.4, 0.5) is 0 Å². The number of phenols is 1. The van der Waals surface area contributed by atoms with Crippen LogP contribution in [0, 0.1) is 0 Å². The summed E-state index contributed by atoms with van der Waals surface area (Å²) in [5.41, 5.74) is 6.59. The topological polar surface area (TPSA) is 72.5 Å². The van der Waals surface area contributed by atoms with Crippen molar-refractivity contribution >= 4 is 5.97 Å². The average Bonchev–Trinajstić information content (AvgIpc) is 2.18. The van der Waals surface area contributed by atoms with Gasteiger partial charge in [0.1, 0.15) is 11.3 Å². The van der Waals surface area contributed by atoms with Crippen LogP contribution >= 0.6 is 0 Å². The van der Waals surface area contributed by atoms with Crippen LogP contribution in [-0.4, -0.2) is 23.7 Å². The second-order valence-electron chi connectivity index (χ2n) is 4.51. The Morgan fingerprint density at radius 3 is 2.62 bits per heavy atom. The van der Waals surface area contributed by atoms with Gasteiger partial charge in [-0.1, -0.05) is 6.07 Å². The van der Waals surface area contributed by atoms with Crippen LogP contribution in [-0.2, 0) is 11.2 Å². The number of aromatic hydroxyl groups is 1. The van der Waals surface area contributed by atoms with Crippen molar-refractivity contribution in [1.29, 1.82) is 0 Å². The van der Waals surface area contributed by atoms with Gasteiger partial charge in [-0.05, 0) is 38.0 Å². The molecule has 0 aromatic heterocycles. The first-order chi connectivity index (χ1) is 7.33. The third kappa shape index (κ3) is 3.24. The molecule has 0 spiro atoms. The number of nitrogens with two attached hydrogens (primary N) is 1.